The van der Waals surface area contributed by atoms with Gasteiger partial charge in [-0.3, -0.25) is 9.59 Å². The molecule has 1 saturated carbocycles. The van der Waals surface area contributed by atoms with Crippen molar-refractivity contribution in [3.8, 4) is 0 Å². The lowest BCUT2D eigenvalue weighted by atomic mass is 9.75. The third kappa shape index (κ3) is 3.49. The van der Waals surface area contributed by atoms with Crippen molar-refractivity contribution in [1.82, 2.24) is 24.3 Å². The second-order valence-corrected chi connectivity index (χ2v) is 10.8. The van der Waals surface area contributed by atoms with Gasteiger partial charge >= 0.3 is 0 Å². The van der Waals surface area contributed by atoms with E-state index in [2.05, 4.69) is 29.6 Å². The Bertz CT molecular complexity index is 994. The van der Waals surface area contributed by atoms with E-state index in [-0.39, 0.29) is 23.7 Å². The molecule has 0 N–H and O–H groups in total. The number of hydrogen-bond acceptors (Lipinski definition) is 5. The van der Waals surface area contributed by atoms with E-state index < -0.39 is 5.41 Å². The number of nitrogens with zero attached hydrogens (tertiary/aromatic N) is 5. The fraction of sp³-hybridized carbons (Fsp3) is 0.652. The van der Waals surface area contributed by atoms with E-state index in [0.29, 0.717) is 32.2 Å². The van der Waals surface area contributed by atoms with Crippen LogP contribution in [0.3, 0.4) is 0 Å². The highest BCUT2D eigenvalue weighted by Crippen LogP contribution is 2.50. The molecule has 0 radical (unpaired) electrons. The van der Waals surface area contributed by atoms with Crippen molar-refractivity contribution < 1.29 is 9.59 Å². The van der Waals surface area contributed by atoms with Crippen LogP contribution in [0.15, 0.2) is 17.9 Å². The Morgan fingerprint density at radius 1 is 1.35 bits per heavy atom. The smallest absolute Gasteiger partial charge is 0.231 e. The largest absolute Gasteiger partial charge is 0.341 e. The van der Waals surface area contributed by atoms with Crippen LogP contribution in [0.1, 0.15) is 67.9 Å². The van der Waals surface area contributed by atoms with E-state index in [0.717, 1.165) is 42.1 Å². The average molecular weight is 442 g/mol. The van der Waals surface area contributed by atoms with E-state index in [1.165, 1.54) is 0 Å². The summed E-state index contributed by atoms with van der Waals surface area (Å²) in [6, 6.07) is 0.315. The molecule has 4 heterocycles. The van der Waals surface area contributed by atoms with Crippen molar-refractivity contribution in [2.24, 2.45) is 11.3 Å². The maximum atomic E-state index is 13.8. The van der Waals surface area contributed by atoms with Crippen molar-refractivity contribution in [3.63, 3.8) is 0 Å². The Balaban J connectivity index is 1.44. The molecule has 3 fully saturated rings. The number of hydrogen-bond donors (Lipinski definition) is 0. The van der Waals surface area contributed by atoms with Crippen LogP contribution in [0.5, 0.6) is 0 Å². The first-order valence-corrected chi connectivity index (χ1v) is 12.3. The molecule has 0 aromatic carbocycles. The number of aryl methyl sites for hydroxylation is 1. The Morgan fingerprint density at radius 3 is 2.77 bits per heavy atom. The summed E-state index contributed by atoms with van der Waals surface area (Å²) in [6.07, 6.45) is 7.81. The Hall–Kier alpha value is -2.22. The van der Waals surface area contributed by atoms with Gasteiger partial charge in [0.15, 0.2) is 0 Å². The maximum absolute atomic E-state index is 13.8. The van der Waals surface area contributed by atoms with Gasteiger partial charge < -0.3 is 14.4 Å². The number of thiazole rings is 1. The molecule has 2 amide bonds. The number of rotatable bonds is 5. The normalized spacial score (nSPS) is 26.5. The fourth-order valence-electron chi connectivity index (χ4n) is 5.34. The van der Waals surface area contributed by atoms with Crippen LogP contribution in [0, 0.1) is 18.3 Å². The predicted molar refractivity (Wildman–Crippen MR) is 119 cm³/mol. The van der Waals surface area contributed by atoms with Gasteiger partial charge in [0.1, 0.15) is 0 Å². The van der Waals surface area contributed by atoms with Crippen LogP contribution in [-0.2, 0) is 16.1 Å². The standard InChI is InChI=1S/C23H31N5O2S/c1-15(2)28-11-20(24-14-28)19-10-27(21(29)17-5-4-6-17)13-23(19)7-8-26(22(23)30)9-18-12-31-16(3)25-18/h11-12,14-15,17,19H,4-10,13H2,1-3H3/t19-,23-/m1/s1. The van der Waals surface area contributed by atoms with Gasteiger partial charge in [0.2, 0.25) is 11.8 Å². The molecule has 8 heteroatoms. The van der Waals surface area contributed by atoms with Crippen LogP contribution in [0.4, 0.5) is 0 Å². The van der Waals surface area contributed by atoms with Crippen LogP contribution in [-0.4, -0.2) is 55.8 Å². The minimum Gasteiger partial charge on any atom is -0.341 e. The summed E-state index contributed by atoms with van der Waals surface area (Å²) < 4.78 is 2.09. The molecule has 31 heavy (non-hydrogen) atoms. The summed E-state index contributed by atoms with van der Waals surface area (Å²) in [4.78, 5) is 40.1. The van der Waals surface area contributed by atoms with Crippen molar-refractivity contribution in [2.75, 3.05) is 19.6 Å². The lowest BCUT2D eigenvalue weighted by molar-refractivity contribution is -0.139. The second-order valence-electron chi connectivity index (χ2n) is 9.73. The number of aromatic nitrogens is 3. The number of likely N-dealkylation sites (tertiary alicyclic amines) is 2. The predicted octanol–water partition coefficient (Wildman–Crippen LogP) is 3.37. The zero-order chi connectivity index (χ0) is 21.8. The average Bonchev–Trinajstić information content (AvgIpc) is 3.45. The molecular formula is C23H31N5O2S. The SMILES string of the molecule is Cc1nc(CN2CC[C@]3(CN(C(=O)C4CCC4)C[C@@H]3c3cn(C(C)C)cn3)C2=O)cs1. The van der Waals surface area contributed by atoms with Gasteiger partial charge in [0.25, 0.3) is 0 Å². The van der Waals surface area contributed by atoms with Gasteiger partial charge in [0, 0.05) is 49.1 Å². The van der Waals surface area contributed by atoms with Crippen LogP contribution < -0.4 is 0 Å². The summed E-state index contributed by atoms with van der Waals surface area (Å²) in [6.45, 7) is 8.62. The van der Waals surface area contributed by atoms with Gasteiger partial charge in [-0.25, -0.2) is 9.97 Å². The number of carbonyl (C=O) groups is 2. The molecule has 2 aromatic heterocycles. The Labute approximate surface area is 187 Å². The Morgan fingerprint density at radius 2 is 2.16 bits per heavy atom. The molecule has 1 aliphatic carbocycles. The van der Waals surface area contributed by atoms with Crippen molar-refractivity contribution in [3.05, 3.63) is 34.3 Å². The monoisotopic (exact) mass is 441 g/mol. The first-order valence-electron chi connectivity index (χ1n) is 11.4. The second kappa shape index (κ2) is 7.73. The lowest BCUT2D eigenvalue weighted by Crippen LogP contribution is -2.42. The van der Waals surface area contributed by atoms with E-state index in [1.807, 2.05) is 28.4 Å². The van der Waals surface area contributed by atoms with Gasteiger partial charge in [0.05, 0.1) is 34.7 Å². The van der Waals surface area contributed by atoms with Gasteiger partial charge in [-0.2, -0.15) is 0 Å². The molecule has 2 saturated heterocycles. The molecule has 2 aliphatic heterocycles. The van der Waals surface area contributed by atoms with Crippen molar-refractivity contribution >= 4 is 23.2 Å². The first kappa shape index (κ1) is 20.7. The molecule has 0 unspecified atom stereocenters. The zero-order valence-corrected chi connectivity index (χ0v) is 19.4. The van der Waals surface area contributed by atoms with Gasteiger partial charge in [-0.1, -0.05) is 6.42 Å². The number of carbonyl (C=O) groups excluding carboxylic acids is 2. The van der Waals surface area contributed by atoms with Crippen LogP contribution in [0.2, 0.25) is 0 Å². The van der Waals surface area contributed by atoms with Gasteiger partial charge in [-0.15, -0.1) is 11.3 Å². The third-order valence-corrected chi connectivity index (χ3v) is 8.27. The minimum absolute atomic E-state index is 0.0498. The molecule has 5 rings (SSSR count). The summed E-state index contributed by atoms with van der Waals surface area (Å²) in [5.41, 5.74) is 1.33. The van der Waals surface area contributed by atoms with Gasteiger partial charge in [-0.05, 0) is 40.0 Å². The van der Waals surface area contributed by atoms with E-state index >= 15 is 0 Å². The number of amides is 2. The molecule has 3 aliphatic rings. The minimum atomic E-state index is -0.569. The summed E-state index contributed by atoms with van der Waals surface area (Å²) in [5, 5.41) is 3.06. The van der Waals surface area contributed by atoms with Crippen LogP contribution in [0.25, 0.3) is 0 Å². The third-order valence-electron chi connectivity index (χ3n) is 7.44. The van der Waals surface area contributed by atoms with Crippen molar-refractivity contribution in [1.29, 1.82) is 0 Å². The lowest BCUT2D eigenvalue weighted by Gasteiger charge is -2.30. The molecule has 7 nitrogen and oxygen atoms in total. The summed E-state index contributed by atoms with van der Waals surface area (Å²) in [5.74, 6) is 0.491. The Kier molecular flexibility index (Phi) is 5.15. The molecular weight excluding hydrogens is 410 g/mol. The topological polar surface area (TPSA) is 71.3 Å². The zero-order valence-electron chi connectivity index (χ0n) is 18.6. The van der Waals surface area contributed by atoms with Crippen LogP contribution >= 0.6 is 11.3 Å². The molecule has 2 aromatic rings. The summed E-state index contributed by atoms with van der Waals surface area (Å²) in [7, 11) is 0. The molecule has 0 bridgehead atoms. The fourth-order valence-corrected chi connectivity index (χ4v) is 5.94. The summed E-state index contributed by atoms with van der Waals surface area (Å²) >= 11 is 1.62. The highest BCUT2D eigenvalue weighted by atomic mass is 32.1. The van der Waals surface area contributed by atoms with Crippen molar-refractivity contribution in [2.45, 2.75) is 65.0 Å². The van der Waals surface area contributed by atoms with E-state index in [1.54, 1.807) is 11.3 Å². The quantitative estimate of drug-likeness (QED) is 0.713. The number of imidazole rings is 1. The van der Waals surface area contributed by atoms with E-state index in [9.17, 15) is 9.59 Å². The first-order chi connectivity index (χ1) is 14.9. The highest BCUT2D eigenvalue weighted by molar-refractivity contribution is 7.09. The highest BCUT2D eigenvalue weighted by Gasteiger charge is 2.59. The maximum Gasteiger partial charge on any atom is 0.231 e. The molecule has 166 valence electrons. The molecule has 1 spiro atoms. The van der Waals surface area contributed by atoms with E-state index in [4.69, 9.17) is 4.98 Å². The molecule has 2 atom stereocenters.